The molecule has 0 aliphatic rings. The molecule has 0 saturated heterocycles. The summed E-state index contributed by atoms with van der Waals surface area (Å²) in [5, 5.41) is 7.79. The molecule has 7 heteroatoms. The van der Waals surface area contributed by atoms with Crippen LogP contribution < -0.4 is 0 Å². The van der Waals surface area contributed by atoms with E-state index >= 15 is 0 Å². The fourth-order valence-electron chi connectivity index (χ4n) is 2.56. The van der Waals surface area contributed by atoms with Crippen LogP contribution in [0.4, 0.5) is 8.78 Å². The first-order chi connectivity index (χ1) is 11.5. The zero-order chi connectivity index (χ0) is 17.2. The highest BCUT2D eigenvalue weighted by atomic mass is 32.2. The number of carbonyl (C=O) groups is 1. The van der Waals surface area contributed by atoms with Gasteiger partial charge in [0, 0.05) is 0 Å². The highest BCUT2D eigenvalue weighted by molar-refractivity contribution is 7.96. The van der Waals surface area contributed by atoms with Crippen LogP contribution in [-0.2, 0) is 20.5 Å². The van der Waals surface area contributed by atoms with E-state index < -0.39 is 23.3 Å². The van der Waals surface area contributed by atoms with Gasteiger partial charge in [-0.15, -0.1) is 0 Å². The molecular weight excluding hydrogens is 338 g/mol. The van der Waals surface area contributed by atoms with E-state index in [4.69, 9.17) is 9.99 Å². The molecule has 0 aliphatic carbocycles. The summed E-state index contributed by atoms with van der Waals surface area (Å²) in [4.78, 5) is 11.4. The quantitative estimate of drug-likeness (QED) is 0.236. The monoisotopic (exact) mass is 350 g/mol. The van der Waals surface area contributed by atoms with Gasteiger partial charge in [-0.1, -0.05) is 48.5 Å². The predicted octanol–water partition coefficient (Wildman–Crippen LogP) is 4.77. The van der Waals surface area contributed by atoms with Gasteiger partial charge in [0.15, 0.2) is 0 Å². The van der Waals surface area contributed by atoms with E-state index in [9.17, 15) is 13.6 Å². The van der Waals surface area contributed by atoms with Gasteiger partial charge in [0.2, 0.25) is 0 Å². The molecule has 1 N–H and O–H groups in total. The van der Waals surface area contributed by atoms with Crippen molar-refractivity contribution in [2.45, 2.75) is 11.9 Å². The lowest BCUT2D eigenvalue weighted by Gasteiger charge is -2.14. The molecule has 0 saturated carbocycles. The Labute approximate surface area is 140 Å². The molecule has 0 unspecified atom stereocenters. The van der Waals surface area contributed by atoms with Crippen molar-refractivity contribution in [3.63, 3.8) is 0 Å². The summed E-state index contributed by atoms with van der Waals surface area (Å²) >= 11 is -0.669. The smallest absolute Gasteiger partial charge is 0.415 e. The van der Waals surface area contributed by atoms with Crippen LogP contribution in [0, 0.1) is 0 Å². The fraction of sp³-hybridized carbons (Fsp3) is 0.118. The molecule has 3 aromatic rings. The van der Waals surface area contributed by atoms with Crippen molar-refractivity contribution in [1.82, 2.24) is 0 Å². The molecule has 0 amide bonds. The number of benzene rings is 3. The summed E-state index contributed by atoms with van der Waals surface area (Å²) in [5.74, 6) is -1.78. The van der Waals surface area contributed by atoms with Crippen LogP contribution in [-0.4, -0.2) is 16.5 Å². The molecule has 124 valence electrons. The van der Waals surface area contributed by atoms with E-state index in [0.29, 0.717) is 5.56 Å². The Hall–Kier alpha value is -2.22. The summed E-state index contributed by atoms with van der Waals surface area (Å²) in [6, 6.07) is 16.9. The summed E-state index contributed by atoms with van der Waals surface area (Å²) in [7, 11) is 0. The number of rotatable bonds is 5. The second kappa shape index (κ2) is 6.72. The lowest BCUT2D eigenvalue weighted by molar-refractivity contribution is -0.166. The number of halogens is 2. The Bertz CT molecular complexity index is 898. The molecule has 0 aliphatic heterocycles. The van der Waals surface area contributed by atoms with E-state index in [1.165, 1.54) is 0 Å². The van der Waals surface area contributed by atoms with Gasteiger partial charge in [0.1, 0.15) is 18.6 Å². The molecule has 4 nitrogen and oxygen atoms in total. The minimum absolute atomic E-state index is 0.314. The van der Waals surface area contributed by atoms with Crippen LogP contribution in [0.15, 0.2) is 54.6 Å². The first kappa shape index (κ1) is 16.6. The SMILES string of the molecule is O=C(OCc1cc2ccccc2c2ccccc12)C(F)(F)SOO. The molecule has 0 spiro atoms. The number of hydrogen-bond donors (Lipinski definition) is 1. The topological polar surface area (TPSA) is 55.8 Å². The number of fused-ring (bicyclic) bond motifs is 3. The Balaban J connectivity index is 1.95. The third kappa shape index (κ3) is 3.19. The van der Waals surface area contributed by atoms with E-state index in [0.717, 1.165) is 21.5 Å². The van der Waals surface area contributed by atoms with Crippen molar-refractivity contribution in [1.29, 1.82) is 0 Å². The lowest BCUT2D eigenvalue weighted by Crippen LogP contribution is -2.27. The second-order valence-electron chi connectivity index (χ2n) is 5.05. The zero-order valence-electron chi connectivity index (χ0n) is 12.2. The molecule has 3 rings (SSSR count). The fourth-order valence-corrected chi connectivity index (χ4v) is 2.78. The van der Waals surface area contributed by atoms with Crippen LogP contribution in [0.25, 0.3) is 21.5 Å². The molecule has 24 heavy (non-hydrogen) atoms. The molecule has 0 radical (unpaired) electrons. The van der Waals surface area contributed by atoms with Crippen LogP contribution in [0.5, 0.6) is 0 Å². The van der Waals surface area contributed by atoms with E-state index in [-0.39, 0.29) is 6.61 Å². The van der Waals surface area contributed by atoms with Crippen molar-refractivity contribution >= 4 is 39.6 Å². The first-order valence-electron chi connectivity index (χ1n) is 6.96. The maximum atomic E-state index is 13.3. The maximum Gasteiger partial charge on any atom is 0.415 e. The molecule has 0 fully saturated rings. The van der Waals surface area contributed by atoms with Crippen molar-refractivity contribution in [2.75, 3.05) is 0 Å². The first-order valence-corrected chi connectivity index (χ1v) is 7.71. The number of ether oxygens (including phenoxy) is 1. The van der Waals surface area contributed by atoms with Crippen LogP contribution in [0.2, 0.25) is 0 Å². The van der Waals surface area contributed by atoms with Crippen molar-refractivity contribution in [3.8, 4) is 0 Å². The van der Waals surface area contributed by atoms with Gasteiger partial charge >= 0.3 is 11.2 Å². The molecule has 0 heterocycles. The summed E-state index contributed by atoms with van der Waals surface area (Å²) in [6.45, 7) is -0.314. The second-order valence-corrected chi connectivity index (χ2v) is 5.88. The van der Waals surface area contributed by atoms with E-state index in [1.807, 2.05) is 48.5 Å². The average Bonchev–Trinajstić information content (AvgIpc) is 2.59. The van der Waals surface area contributed by atoms with Crippen LogP contribution in [0.3, 0.4) is 0 Å². The summed E-state index contributed by atoms with van der Waals surface area (Å²) in [6.07, 6.45) is 0. The lowest BCUT2D eigenvalue weighted by atomic mass is 9.98. The van der Waals surface area contributed by atoms with E-state index in [2.05, 4.69) is 4.33 Å². The zero-order valence-corrected chi connectivity index (χ0v) is 13.1. The van der Waals surface area contributed by atoms with Gasteiger partial charge in [0.25, 0.3) is 0 Å². The Morgan fingerprint density at radius 1 is 1.04 bits per heavy atom. The van der Waals surface area contributed by atoms with Gasteiger partial charge < -0.3 is 4.74 Å². The molecular formula is C17H12F2O4S. The predicted molar refractivity (Wildman–Crippen MR) is 87.5 cm³/mol. The minimum Gasteiger partial charge on any atom is -0.456 e. The van der Waals surface area contributed by atoms with Crippen LogP contribution >= 0.6 is 12.0 Å². The number of carbonyl (C=O) groups excluding carboxylic acids is 1. The van der Waals surface area contributed by atoms with Crippen molar-refractivity contribution in [3.05, 3.63) is 60.2 Å². The standard InChI is InChI=1S/C17H12F2O4S/c18-17(19,24-23-21)16(20)22-10-12-9-11-5-1-2-6-13(11)15-8-4-3-7-14(12)15/h1-9,21H,10H2. The minimum atomic E-state index is -3.98. The Kier molecular flexibility index (Phi) is 4.66. The van der Waals surface area contributed by atoms with Gasteiger partial charge in [-0.25, -0.2) is 10.1 Å². The number of esters is 1. The molecule has 0 aromatic heterocycles. The van der Waals surface area contributed by atoms with Gasteiger partial charge in [-0.05, 0) is 33.2 Å². The Morgan fingerprint density at radius 3 is 2.38 bits per heavy atom. The van der Waals surface area contributed by atoms with Gasteiger partial charge in [0.05, 0.1) is 0 Å². The highest BCUT2D eigenvalue weighted by Crippen LogP contribution is 2.32. The highest BCUT2D eigenvalue weighted by Gasteiger charge is 2.43. The largest absolute Gasteiger partial charge is 0.456 e. The molecule has 3 aromatic carbocycles. The third-order valence-electron chi connectivity index (χ3n) is 3.59. The average molecular weight is 350 g/mol. The molecule has 0 bridgehead atoms. The Morgan fingerprint density at radius 2 is 1.67 bits per heavy atom. The number of hydrogen-bond acceptors (Lipinski definition) is 5. The van der Waals surface area contributed by atoms with E-state index in [1.54, 1.807) is 6.07 Å². The maximum absolute atomic E-state index is 13.3. The normalized spacial score (nSPS) is 11.8. The van der Waals surface area contributed by atoms with Crippen molar-refractivity contribution in [2.24, 2.45) is 0 Å². The van der Waals surface area contributed by atoms with Crippen LogP contribution in [0.1, 0.15) is 5.56 Å². The van der Waals surface area contributed by atoms with Gasteiger partial charge in [-0.3, -0.25) is 0 Å². The van der Waals surface area contributed by atoms with Crippen molar-refractivity contribution < 1.29 is 27.9 Å². The summed E-state index contributed by atoms with van der Waals surface area (Å²) < 4.78 is 34.6. The van der Waals surface area contributed by atoms with Gasteiger partial charge in [-0.2, -0.15) is 13.1 Å². The third-order valence-corrected chi connectivity index (χ3v) is 4.04. The molecule has 0 atom stereocenters. The number of alkyl halides is 2. The summed E-state index contributed by atoms with van der Waals surface area (Å²) in [5.41, 5.74) is 0.614.